The van der Waals surface area contributed by atoms with E-state index in [0.717, 1.165) is 13.0 Å². The second-order valence-electron chi connectivity index (χ2n) is 4.80. The molecule has 1 saturated heterocycles. The van der Waals surface area contributed by atoms with E-state index in [1.54, 1.807) is 18.2 Å². The average molecular weight is 263 g/mol. The Labute approximate surface area is 111 Å². The van der Waals surface area contributed by atoms with Gasteiger partial charge in [0.2, 0.25) is 5.91 Å². The summed E-state index contributed by atoms with van der Waals surface area (Å²) >= 11 is 0. The second kappa shape index (κ2) is 5.79. The van der Waals surface area contributed by atoms with E-state index in [2.05, 4.69) is 10.6 Å². The van der Waals surface area contributed by atoms with Crippen LogP contribution in [-0.2, 0) is 11.3 Å². The van der Waals surface area contributed by atoms with Crippen molar-refractivity contribution in [3.05, 3.63) is 39.9 Å². The highest BCUT2D eigenvalue weighted by Gasteiger charge is 2.29. The number of hydrogen-bond acceptors (Lipinski definition) is 4. The van der Waals surface area contributed by atoms with Gasteiger partial charge in [0.1, 0.15) is 0 Å². The van der Waals surface area contributed by atoms with Crippen LogP contribution in [0.25, 0.3) is 0 Å². The third-order valence-corrected chi connectivity index (χ3v) is 3.46. The molecule has 0 aliphatic carbocycles. The lowest BCUT2D eigenvalue weighted by Gasteiger charge is -2.15. The molecule has 1 aromatic carbocycles. The summed E-state index contributed by atoms with van der Waals surface area (Å²) in [4.78, 5) is 22.4. The number of carbonyl (C=O) groups is 1. The summed E-state index contributed by atoms with van der Waals surface area (Å²) < 4.78 is 0. The van der Waals surface area contributed by atoms with Crippen LogP contribution in [0.2, 0.25) is 0 Å². The number of amides is 1. The summed E-state index contributed by atoms with van der Waals surface area (Å²) in [6, 6.07) is 6.25. The van der Waals surface area contributed by atoms with E-state index < -0.39 is 4.92 Å². The molecule has 0 aromatic heterocycles. The predicted octanol–water partition coefficient (Wildman–Crippen LogP) is 1.21. The van der Waals surface area contributed by atoms with Gasteiger partial charge in [0.25, 0.3) is 5.69 Å². The van der Waals surface area contributed by atoms with Gasteiger partial charge in [-0.15, -0.1) is 0 Å². The third-order valence-electron chi connectivity index (χ3n) is 3.46. The molecule has 102 valence electrons. The number of nitro benzene ring substituents is 1. The smallest absolute Gasteiger partial charge is 0.274 e. The van der Waals surface area contributed by atoms with Crippen molar-refractivity contribution in [1.82, 2.24) is 10.6 Å². The van der Waals surface area contributed by atoms with Crippen molar-refractivity contribution in [3.8, 4) is 0 Å². The highest BCUT2D eigenvalue weighted by Crippen LogP contribution is 2.18. The Morgan fingerprint density at radius 3 is 2.89 bits per heavy atom. The number of hydrogen-bond donors (Lipinski definition) is 2. The number of benzene rings is 1. The molecule has 6 heteroatoms. The molecule has 1 heterocycles. The monoisotopic (exact) mass is 263 g/mol. The largest absolute Gasteiger partial charge is 0.350 e. The fourth-order valence-corrected chi connectivity index (χ4v) is 2.32. The Bertz CT molecular complexity index is 490. The minimum Gasteiger partial charge on any atom is -0.350 e. The van der Waals surface area contributed by atoms with Gasteiger partial charge in [-0.05, 0) is 18.9 Å². The van der Waals surface area contributed by atoms with Crippen molar-refractivity contribution in [2.45, 2.75) is 25.9 Å². The van der Waals surface area contributed by atoms with Crippen LogP contribution in [0.3, 0.4) is 0 Å². The molecule has 2 atom stereocenters. The number of nitrogens with one attached hydrogen (secondary N) is 2. The number of nitrogens with zero attached hydrogens (tertiary/aromatic N) is 1. The molecule has 1 fully saturated rings. The lowest BCUT2D eigenvalue weighted by molar-refractivity contribution is -0.385. The van der Waals surface area contributed by atoms with Gasteiger partial charge in [-0.25, -0.2) is 0 Å². The minimum absolute atomic E-state index is 0.0372. The van der Waals surface area contributed by atoms with E-state index in [9.17, 15) is 14.9 Å². The maximum Gasteiger partial charge on any atom is 0.274 e. The molecule has 2 N–H and O–H groups in total. The first-order valence-electron chi connectivity index (χ1n) is 6.33. The van der Waals surface area contributed by atoms with E-state index in [1.807, 2.05) is 6.92 Å². The Morgan fingerprint density at radius 1 is 1.53 bits per heavy atom. The molecule has 0 spiro atoms. The molecule has 1 aromatic rings. The van der Waals surface area contributed by atoms with Crippen LogP contribution in [0.1, 0.15) is 18.9 Å². The number of para-hydroxylation sites is 1. The van der Waals surface area contributed by atoms with Crippen molar-refractivity contribution >= 4 is 11.6 Å². The van der Waals surface area contributed by atoms with Crippen LogP contribution < -0.4 is 10.6 Å². The van der Waals surface area contributed by atoms with Gasteiger partial charge in [-0.1, -0.05) is 25.1 Å². The maximum atomic E-state index is 12.0. The van der Waals surface area contributed by atoms with Gasteiger partial charge in [-0.3, -0.25) is 14.9 Å². The predicted molar refractivity (Wildman–Crippen MR) is 70.5 cm³/mol. The van der Waals surface area contributed by atoms with Crippen LogP contribution >= 0.6 is 0 Å². The van der Waals surface area contributed by atoms with Crippen molar-refractivity contribution in [2.24, 2.45) is 5.92 Å². The Balaban J connectivity index is 1.99. The molecule has 1 amide bonds. The molecule has 1 aliphatic rings. The van der Waals surface area contributed by atoms with Crippen LogP contribution in [-0.4, -0.2) is 23.4 Å². The van der Waals surface area contributed by atoms with Crippen LogP contribution in [0, 0.1) is 16.0 Å². The first kappa shape index (κ1) is 13.5. The van der Waals surface area contributed by atoms with Gasteiger partial charge in [-0.2, -0.15) is 0 Å². The number of carbonyl (C=O) groups excluding carboxylic acids is 1. The molecule has 2 rings (SSSR count). The molecular formula is C13H17N3O3. The zero-order valence-corrected chi connectivity index (χ0v) is 10.8. The van der Waals surface area contributed by atoms with E-state index in [0.29, 0.717) is 11.5 Å². The molecule has 19 heavy (non-hydrogen) atoms. The zero-order valence-electron chi connectivity index (χ0n) is 10.8. The summed E-state index contributed by atoms with van der Waals surface area (Å²) in [6.07, 6.45) is 0.976. The molecule has 6 nitrogen and oxygen atoms in total. The summed E-state index contributed by atoms with van der Waals surface area (Å²) in [7, 11) is 0. The number of nitro groups is 1. The average Bonchev–Trinajstić information content (AvgIpc) is 2.82. The third kappa shape index (κ3) is 3.08. The van der Waals surface area contributed by atoms with Crippen LogP contribution in [0.15, 0.2) is 24.3 Å². The Hall–Kier alpha value is -1.95. The molecule has 1 aliphatic heterocycles. The van der Waals surface area contributed by atoms with Crippen molar-refractivity contribution in [3.63, 3.8) is 0 Å². The van der Waals surface area contributed by atoms with Crippen molar-refractivity contribution in [2.75, 3.05) is 6.54 Å². The van der Waals surface area contributed by atoms with Crippen molar-refractivity contribution in [1.29, 1.82) is 0 Å². The van der Waals surface area contributed by atoms with E-state index in [1.165, 1.54) is 6.07 Å². The first-order valence-corrected chi connectivity index (χ1v) is 6.33. The zero-order chi connectivity index (χ0) is 13.8. The van der Waals surface area contributed by atoms with E-state index in [4.69, 9.17) is 0 Å². The summed E-state index contributed by atoms with van der Waals surface area (Å²) in [5.41, 5.74) is 0.557. The number of rotatable bonds is 4. The summed E-state index contributed by atoms with van der Waals surface area (Å²) in [5, 5.41) is 16.7. The molecule has 0 saturated carbocycles. The van der Waals surface area contributed by atoms with Crippen LogP contribution in [0.5, 0.6) is 0 Å². The summed E-state index contributed by atoms with van der Waals surface area (Å²) in [6.45, 7) is 3.04. The maximum absolute atomic E-state index is 12.0. The summed E-state index contributed by atoms with van der Waals surface area (Å²) in [5.74, 6) is 0.203. The minimum atomic E-state index is -0.433. The Kier molecular flexibility index (Phi) is 4.11. The van der Waals surface area contributed by atoms with Gasteiger partial charge >= 0.3 is 0 Å². The topological polar surface area (TPSA) is 84.3 Å². The molecule has 0 radical (unpaired) electrons. The quantitative estimate of drug-likeness (QED) is 0.631. The lowest BCUT2D eigenvalue weighted by Crippen LogP contribution is -2.42. The highest BCUT2D eigenvalue weighted by atomic mass is 16.6. The Morgan fingerprint density at radius 2 is 2.26 bits per heavy atom. The van der Waals surface area contributed by atoms with Crippen LogP contribution in [0.4, 0.5) is 5.69 Å². The van der Waals surface area contributed by atoms with Gasteiger partial charge in [0.15, 0.2) is 0 Å². The molecule has 0 bridgehead atoms. The molecule has 2 unspecified atom stereocenters. The second-order valence-corrected chi connectivity index (χ2v) is 4.80. The SMILES string of the molecule is CC1CCNC1C(=O)NCc1ccccc1[N+](=O)[O-]. The van der Waals surface area contributed by atoms with Gasteiger partial charge < -0.3 is 10.6 Å². The highest BCUT2D eigenvalue weighted by molar-refractivity contribution is 5.82. The van der Waals surface area contributed by atoms with Gasteiger partial charge in [0.05, 0.1) is 11.0 Å². The van der Waals surface area contributed by atoms with Gasteiger partial charge in [0, 0.05) is 18.2 Å². The van der Waals surface area contributed by atoms with E-state index >= 15 is 0 Å². The normalized spacial score (nSPS) is 22.2. The van der Waals surface area contributed by atoms with E-state index in [-0.39, 0.29) is 24.2 Å². The fourth-order valence-electron chi connectivity index (χ4n) is 2.32. The first-order chi connectivity index (χ1) is 9.09. The fraction of sp³-hybridized carbons (Fsp3) is 0.462. The van der Waals surface area contributed by atoms with Crippen molar-refractivity contribution < 1.29 is 9.72 Å². The lowest BCUT2D eigenvalue weighted by atomic mass is 10.0. The molecular weight excluding hydrogens is 246 g/mol. The standard InChI is InChI=1S/C13H17N3O3/c1-9-6-7-14-12(9)13(17)15-8-10-4-2-3-5-11(10)16(18)19/h2-5,9,12,14H,6-8H2,1H3,(H,15,17).